The molecule has 1 saturated carbocycles. The van der Waals surface area contributed by atoms with Crippen LogP contribution in [0.2, 0.25) is 0 Å². The number of nitrogens with zero attached hydrogens (tertiary/aromatic N) is 1. The van der Waals surface area contributed by atoms with E-state index in [0.717, 1.165) is 12.8 Å². The van der Waals surface area contributed by atoms with Crippen LogP contribution in [0.15, 0.2) is 0 Å². The number of hydrogen-bond donors (Lipinski definition) is 1. The van der Waals surface area contributed by atoms with Gasteiger partial charge in [0.2, 0.25) is 5.91 Å². The molecule has 0 aromatic carbocycles. The average molecular weight is 212 g/mol. The fraction of sp³-hybridized carbons (Fsp3) is 0.909. The molecule has 2 rings (SSSR count). The molecule has 86 valence electrons. The van der Waals surface area contributed by atoms with Crippen LogP contribution in [0.25, 0.3) is 0 Å². The van der Waals surface area contributed by atoms with Gasteiger partial charge < -0.3 is 15.4 Å². The molecule has 1 aliphatic carbocycles. The van der Waals surface area contributed by atoms with Gasteiger partial charge in [-0.2, -0.15) is 0 Å². The largest absolute Gasteiger partial charge is 0.374 e. The molecule has 0 spiro atoms. The second kappa shape index (κ2) is 4.49. The fourth-order valence-electron chi connectivity index (χ4n) is 2.63. The highest BCUT2D eigenvalue weighted by atomic mass is 16.5. The van der Waals surface area contributed by atoms with Gasteiger partial charge in [-0.1, -0.05) is 12.8 Å². The van der Waals surface area contributed by atoms with Crippen LogP contribution >= 0.6 is 0 Å². The highest BCUT2D eigenvalue weighted by Crippen LogP contribution is 2.28. The van der Waals surface area contributed by atoms with Crippen molar-refractivity contribution in [2.75, 3.05) is 13.2 Å². The molecule has 1 saturated heterocycles. The maximum atomic E-state index is 11.9. The van der Waals surface area contributed by atoms with E-state index in [1.54, 1.807) is 6.92 Å². The third-order valence-electron chi connectivity index (χ3n) is 3.40. The summed E-state index contributed by atoms with van der Waals surface area (Å²) in [5.74, 6) is 0.0789. The molecular formula is C11H20N2O2. The van der Waals surface area contributed by atoms with Gasteiger partial charge in [-0.15, -0.1) is 0 Å². The summed E-state index contributed by atoms with van der Waals surface area (Å²) in [4.78, 5) is 13.8. The summed E-state index contributed by atoms with van der Waals surface area (Å²) in [5, 5.41) is 0. The van der Waals surface area contributed by atoms with E-state index in [4.69, 9.17) is 10.5 Å². The van der Waals surface area contributed by atoms with Crippen molar-refractivity contribution in [2.24, 2.45) is 5.73 Å². The van der Waals surface area contributed by atoms with Crippen molar-refractivity contribution in [3.63, 3.8) is 0 Å². The van der Waals surface area contributed by atoms with E-state index in [-0.39, 0.29) is 24.1 Å². The summed E-state index contributed by atoms with van der Waals surface area (Å²) < 4.78 is 5.71. The van der Waals surface area contributed by atoms with E-state index in [9.17, 15) is 4.79 Å². The minimum atomic E-state index is -0.384. The highest BCUT2D eigenvalue weighted by Gasteiger charge is 2.37. The number of hydrogen-bond acceptors (Lipinski definition) is 3. The highest BCUT2D eigenvalue weighted by molar-refractivity contribution is 5.81. The summed E-state index contributed by atoms with van der Waals surface area (Å²) in [7, 11) is 0. The number of rotatable bonds is 1. The summed E-state index contributed by atoms with van der Waals surface area (Å²) in [6.07, 6.45) is 4.85. The maximum absolute atomic E-state index is 11.9. The van der Waals surface area contributed by atoms with Crippen LogP contribution in [0.4, 0.5) is 0 Å². The minimum Gasteiger partial charge on any atom is -0.374 e. The molecule has 0 radical (unpaired) electrons. The number of nitrogens with two attached hydrogens (primary N) is 1. The lowest BCUT2D eigenvalue weighted by Gasteiger charge is -2.44. The van der Waals surface area contributed by atoms with Gasteiger partial charge in [-0.25, -0.2) is 0 Å². The molecule has 2 N–H and O–H groups in total. The molecule has 4 nitrogen and oxygen atoms in total. The molecule has 4 heteroatoms. The zero-order valence-corrected chi connectivity index (χ0v) is 9.32. The smallest absolute Gasteiger partial charge is 0.239 e. The third kappa shape index (κ3) is 2.16. The number of amides is 1. The van der Waals surface area contributed by atoms with E-state index < -0.39 is 0 Å². The topological polar surface area (TPSA) is 55.6 Å². The molecular weight excluding hydrogens is 192 g/mol. The quantitative estimate of drug-likeness (QED) is 0.688. The van der Waals surface area contributed by atoms with Gasteiger partial charge >= 0.3 is 0 Å². The molecule has 0 bridgehead atoms. The van der Waals surface area contributed by atoms with Gasteiger partial charge in [0.15, 0.2) is 0 Å². The summed E-state index contributed by atoms with van der Waals surface area (Å²) in [6.45, 7) is 3.14. The SMILES string of the molecule is C[C@@H](N)C(=O)N1CCOC2CCCCC21. The Hall–Kier alpha value is -0.610. The van der Waals surface area contributed by atoms with Gasteiger partial charge in [0.05, 0.1) is 24.8 Å². The third-order valence-corrected chi connectivity index (χ3v) is 3.40. The number of carbonyl (C=O) groups is 1. The maximum Gasteiger partial charge on any atom is 0.239 e. The van der Waals surface area contributed by atoms with E-state index in [1.165, 1.54) is 12.8 Å². The van der Waals surface area contributed by atoms with Gasteiger partial charge in [-0.05, 0) is 19.8 Å². The zero-order valence-electron chi connectivity index (χ0n) is 9.32. The van der Waals surface area contributed by atoms with Crippen LogP contribution in [0.5, 0.6) is 0 Å². The summed E-state index contributed by atoms with van der Waals surface area (Å²) in [6, 6.07) is -0.100. The van der Waals surface area contributed by atoms with Crippen molar-refractivity contribution >= 4 is 5.91 Å². The Morgan fingerprint density at radius 2 is 2.20 bits per heavy atom. The molecule has 0 aromatic rings. The van der Waals surface area contributed by atoms with Crippen molar-refractivity contribution in [3.05, 3.63) is 0 Å². The zero-order chi connectivity index (χ0) is 10.8. The molecule has 1 amide bonds. The molecule has 0 aromatic heterocycles. The predicted molar refractivity (Wildman–Crippen MR) is 57.4 cm³/mol. The number of ether oxygens (including phenoxy) is 1. The van der Waals surface area contributed by atoms with E-state index >= 15 is 0 Å². The number of carbonyl (C=O) groups excluding carboxylic acids is 1. The van der Waals surface area contributed by atoms with Crippen molar-refractivity contribution < 1.29 is 9.53 Å². The van der Waals surface area contributed by atoms with Gasteiger partial charge in [-0.3, -0.25) is 4.79 Å². The Balaban J connectivity index is 2.06. The van der Waals surface area contributed by atoms with Crippen LogP contribution in [-0.4, -0.2) is 42.1 Å². The Bertz CT molecular complexity index is 241. The van der Waals surface area contributed by atoms with Crippen LogP contribution < -0.4 is 5.73 Å². The minimum absolute atomic E-state index is 0.0789. The second-order valence-corrected chi connectivity index (χ2v) is 4.58. The molecule has 2 unspecified atom stereocenters. The first-order valence-electron chi connectivity index (χ1n) is 5.88. The van der Waals surface area contributed by atoms with Crippen molar-refractivity contribution in [2.45, 2.75) is 50.8 Å². The van der Waals surface area contributed by atoms with Crippen LogP contribution in [-0.2, 0) is 9.53 Å². The molecule has 1 heterocycles. The van der Waals surface area contributed by atoms with Crippen molar-refractivity contribution in [1.29, 1.82) is 0 Å². The second-order valence-electron chi connectivity index (χ2n) is 4.58. The summed E-state index contributed by atoms with van der Waals surface area (Å²) in [5.41, 5.74) is 5.66. The Kier molecular flexibility index (Phi) is 3.26. The van der Waals surface area contributed by atoms with E-state index in [0.29, 0.717) is 13.2 Å². The molecule has 2 aliphatic rings. The van der Waals surface area contributed by atoms with E-state index in [1.807, 2.05) is 4.90 Å². The van der Waals surface area contributed by atoms with Gasteiger partial charge in [0.1, 0.15) is 0 Å². The Morgan fingerprint density at radius 3 is 2.93 bits per heavy atom. The lowest BCUT2D eigenvalue weighted by molar-refractivity contribution is -0.150. The predicted octanol–water partition coefficient (Wildman–Crippen LogP) is 0.504. The fourth-order valence-corrected chi connectivity index (χ4v) is 2.63. The van der Waals surface area contributed by atoms with E-state index in [2.05, 4.69) is 0 Å². The molecule has 1 aliphatic heterocycles. The van der Waals surface area contributed by atoms with Gasteiger partial charge in [0, 0.05) is 6.54 Å². The monoisotopic (exact) mass is 212 g/mol. The van der Waals surface area contributed by atoms with Crippen LogP contribution in [0.1, 0.15) is 32.6 Å². The summed E-state index contributed by atoms with van der Waals surface area (Å²) >= 11 is 0. The normalized spacial score (nSPS) is 33.3. The molecule has 3 atom stereocenters. The van der Waals surface area contributed by atoms with Crippen molar-refractivity contribution in [3.8, 4) is 0 Å². The lowest BCUT2D eigenvalue weighted by Crippen LogP contribution is -2.57. The number of fused-ring (bicyclic) bond motifs is 1. The van der Waals surface area contributed by atoms with Crippen LogP contribution in [0.3, 0.4) is 0 Å². The first kappa shape index (κ1) is 10.9. The van der Waals surface area contributed by atoms with Crippen LogP contribution in [0, 0.1) is 0 Å². The standard InChI is InChI=1S/C11H20N2O2/c1-8(12)11(14)13-6-7-15-10-5-3-2-4-9(10)13/h8-10H,2-7,12H2,1H3/t8-,9?,10?/m1/s1. The lowest BCUT2D eigenvalue weighted by atomic mass is 9.90. The number of morpholine rings is 1. The first-order valence-corrected chi connectivity index (χ1v) is 5.88. The van der Waals surface area contributed by atoms with Crippen molar-refractivity contribution in [1.82, 2.24) is 4.90 Å². The first-order chi connectivity index (χ1) is 7.20. The molecule has 2 fully saturated rings. The molecule has 15 heavy (non-hydrogen) atoms. The Labute approximate surface area is 90.8 Å². The Morgan fingerprint density at radius 1 is 1.47 bits per heavy atom. The average Bonchev–Trinajstić information content (AvgIpc) is 2.27. The van der Waals surface area contributed by atoms with Gasteiger partial charge in [0.25, 0.3) is 0 Å².